The van der Waals surface area contributed by atoms with Crippen LogP contribution in [-0.4, -0.2) is 25.3 Å². The maximum atomic E-state index is 11.3. The molecule has 5 nitrogen and oxygen atoms in total. The molecule has 4 rings (SSSR count). The van der Waals surface area contributed by atoms with Gasteiger partial charge in [-0.1, -0.05) is 41.6 Å². The van der Waals surface area contributed by atoms with Crippen molar-refractivity contribution in [1.82, 2.24) is 0 Å². The molecule has 9 heteroatoms. The lowest BCUT2D eigenvalue weighted by Gasteiger charge is -2.18. The van der Waals surface area contributed by atoms with Crippen LogP contribution in [0.5, 0.6) is 0 Å². The first-order chi connectivity index (χ1) is 16.6. The van der Waals surface area contributed by atoms with Crippen LogP contribution >= 0.6 is 34.7 Å². The van der Waals surface area contributed by atoms with Crippen molar-refractivity contribution in [3.63, 3.8) is 0 Å². The molecule has 0 bridgehead atoms. The first-order valence-corrected chi connectivity index (χ1v) is 15.3. The number of fused-ring (bicyclic) bond motifs is 2. The molecule has 2 aromatic carbocycles. The summed E-state index contributed by atoms with van der Waals surface area (Å²) >= 11 is 9.72. The van der Waals surface area contributed by atoms with E-state index in [4.69, 9.17) is 11.6 Å². The average molecular weight is 550 g/mol. The Labute approximate surface area is 220 Å². The third-order valence-electron chi connectivity index (χ3n) is 6.17. The molecule has 0 saturated heterocycles. The van der Waals surface area contributed by atoms with E-state index in [9.17, 15) is 13.0 Å². The summed E-state index contributed by atoms with van der Waals surface area (Å²) in [6.07, 6.45) is 5.66. The van der Waals surface area contributed by atoms with Crippen LogP contribution in [0.4, 0.5) is 5.69 Å². The molecule has 1 N–H and O–H groups in total. The highest BCUT2D eigenvalue weighted by molar-refractivity contribution is 8.03. The summed E-state index contributed by atoms with van der Waals surface area (Å²) in [5, 5.41) is 2.97. The van der Waals surface area contributed by atoms with E-state index in [-0.39, 0.29) is 5.75 Å². The zero-order chi connectivity index (χ0) is 25.3. The van der Waals surface area contributed by atoms with E-state index in [2.05, 4.69) is 67.5 Å². The Morgan fingerprint density at radius 3 is 2.60 bits per heavy atom. The van der Waals surface area contributed by atoms with Crippen LogP contribution in [0, 0.1) is 13.8 Å². The summed E-state index contributed by atoms with van der Waals surface area (Å²) in [5.74, 6) is -0.251. The van der Waals surface area contributed by atoms with Crippen LogP contribution in [-0.2, 0) is 16.7 Å². The largest absolute Gasteiger partial charge is 0.335 e. The lowest BCUT2D eigenvalue weighted by Crippen LogP contribution is -2.36. The molecule has 0 unspecified atom stereocenters. The number of nitrogens with zero attached hydrogens (tertiary/aromatic N) is 2. The number of rotatable bonds is 8. The van der Waals surface area contributed by atoms with Crippen LogP contribution in [0.2, 0.25) is 5.02 Å². The number of halogens is 1. The molecule has 2 heterocycles. The Bertz CT molecular complexity index is 1440. The van der Waals surface area contributed by atoms with Crippen LogP contribution in [0.25, 0.3) is 16.3 Å². The van der Waals surface area contributed by atoms with Gasteiger partial charge in [-0.3, -0.25) is 4.55 Å². The van der Waals surface area contributed by atoms with Gasteiger partial charge in [0, 0.05) is 35.0 Å². The third kappa shape index (κ3) is 5.94. The fourth-order valence-corrected chi connectivity index (χ4v) is 7.26. The van der Waals surface area contributed by atoms with Crippen LogP contribution in [0.1, 0.15) is 42.8 Å². The topological polar surface area (TPSA) is 61.5 Å². The van der Waals surface area contributed by atoms with Gasteiger partial charge in [0.25, 0.3) is 15.1 Å². The van der Waals surface area contributed by atoms with E-state index in [1.165, 1.54) is 31.3 Å². The van der Waals surface area contributed by atoms with E-state index < -0.39 is 10.1 Å². The number of anilines is 1. The van der Waals surface area contributed by atoms with E-state index in [1.54, 1.807) is 23.1 Å². The average Bonchev–Trinajstić information content (AvgIpc) is 3.29. The van der Waals surface area contributed by atoms with E-state index in [0.29, 0.717) is 13.0 Å². The molecule has 0 radical (unpaired) electrons. The van der Waals surface area contributed by atoms with Crippen molar-refractivity contribution in [1.29, 1.82) is 0 Å². The van der Waals surface area contributed by atoms with Crippen molar-refractivity contribution in [2.75, 3.05) is 17.2 Å². The van der Waals surface area contributed by atoms with Gasteiger partial charge < -0.3 is 4.90 Å². The number of benzene rings is 2. The molecule has 1 aliphatic rings. The van der Waals surface area contributed by atoms with Gasteiger partial charge in [0.1, 0.15) is 4.70 Å². The minimum atomic E-state index is -3.99. The third-order valence-corrected chi connectivity index (χ3v) is 9.41. The maximum absolute atomic E-state index is 11.3. The maximum Gasteiger partial charge on any atom is 0.265 e. The predicted molar refractivity (Wildman–Crippen MR) is 149 cm³/mol. The Hall–Kier alpha value is -1.84. The number of aryl methyl sites for hydroxylation is 3. The summed E-state index contributed by atoms with van der Waals surface area (Å²) in [4.78, 5) is 3.48. The van der Waals surface area contributed by atoms with Crippen molar-refractivity contribution in [2.45, 2.75) is 52.0 Å². The van der Waals surface area contributed by atoms with Gasteiger partial charge >= 0.3 is 0 Å². The normalized spacial score (nSPS) is 15.4. The first-order valence-electron chi connectivity index (χ1n) is 11.7. The Balaban J connectivity index is 1.75. The molecule has 0 spiro atoms. The second kappa shape index (κ2) is 10.6. The number of aromatic nitrogens is 1. The van der Waals surface area contributed by atoms with E-state index in [1.807, 2.05) is 12.1 Å². The molecular weight excluding hydrogens is 520 g/mol. The highest BCUT2D eigenvalue weighted by Crippen LogP contribution is 2.47. The second-order valence-electron chi connectivity index (χ2n) is 8.65. The van der Waals surface area contributed by atoms with Gasteiger partial charge in [0.2, 0.25) is 5.52 Å². The predicted octanol–water partition coefficient (Wildman–Crippen LogP) is 7.00. The van der Waals surface area contributed by atoms with Crippen molar-refractivity contribution in [2.24, 2.45) is 0 Å². The Morgan fingerprint density at radius 1 is 1.17 bits per heavy atom. The number of hydrogen-bond acceptors (Lipinski definition) is 5. The molecule has 186 valence electrons. The van der Waals surface area contributed by atoms with Gasteiger partial charge in [-0.25, -0.2) is 0 Å². The highest BCUT2D eigenvalue weighted by Gasteiger charge is 2.25. The molecule has 0 fully saturated rings. The molecule has 1 aliphatic heterocycles. The summed E-state index contributed by atoms with van der Waals surface area (Å²) in [6, 6.07) is 10.4. The van der Waals surface area contributed by atoms with E-state index in [0.717, 1.165) is 34.2 Å². The summed E-state index contributed by atoms with van der Waals surface area (Å²) in [7, 11) is -3.99. The fourth-order valence-electron chi connectivity index (χ4n) is 4.17. The number of thiazole rings is 1. The number of allylic oxidation sites excluding steroid dienone is 2. The van der Waals surface area contributed by atoms with Crippen molar-refractivity contribution in [3.8, 4) is 0 Å². The quantitative estimate of drug-likeness (QED) is 0.242. The molecule has 1 aromatic heterocycles. The molecule has 3 aromatic rings. The van der Waals surface area contributed by atoms with Crippen LogP contribution in [0.15, 0.2) is 51.9 Å². The second-order valence-corrected chi connectivity index (χ2v) is 12.8. The molecule has 0 saturated carbocycles. The Kier molecular flexibility index (Phi) is 7.98. The minimum absolute atomic E-state index is 0.251. The van der Waals surface area contributed by atoms with Crippen LogP contribution in [0.3, 0.4) is 0 Å². The van der Waals surface area contributed by atoms with Crippen molar-refractivity contribution < 1.29 is 17.5 Å². The van der Waals surface area contributed by atoms with Gasteiger partial charge in [-0.05, 0) is 74.2 Å². The minimum Gasteiger partial charge on any atom is -0.335 e. The lowest BCUT2D eigenvalue weighted by atomic mass is 10.1. The molecule has 35 heavy (non-hydrogen) atoms. The smallest absolute Gasteiger partial charge is 0.265 e. The summed E-state index contributed by atoms with van der Waals surface area (Å²) in [5.41, 5.74) is 5.85. The van der Waals surface area contributed by atoms with Crippen molar-refractivity contribution in [3.05, 3.63) is 68.2 Å². The number of thioether (sulfide) groups is 1. The molecule has 0 aliphatic carbocycles. The Morgan fingerprint density at radius 2 is 1.91 bits per heavy atom. The number of hydrogen-bond donors (Lipinski definition) is 1. The standard InChI is InChI=1S/C26H29ClN2O3S3/c1-5-19(14-25-28(6-2)22-16-20(27)8-9-23(22)33-25)15-26-29(10-7-11-35(30,31)32)21-12-17(3)18(4)13-24(21)34-26/h8-9,12-16H,5-7,10-11H2,1-4H3/p+1. The SMILES string of the molecule is CCC(=C/c1sc2cc(C)c(C)cc2[n+]1CCCS(=O)(=O)O)/C=C1\Sc2ccc(Cl)cc2N1CC. The van der Waals surface area contributed by atoms with Gasteiger partial charge in [0.15, 0.2) is 6.54 Å². The lowest BCUT2D eigenvalue weighted by molar-refractivity contribution is -0.668. The van der Waals surface area contributed by atoms with Gasteiger partial charge in [-0.15, -0.1) is 0 Å². The zero-order valence-corrected chi connectivity index (χ0v) is 23.5. The van der Waals surface area contributed by atoms with E-state index >= 15 is 0 Å². The zero-order valence-electron chi connectivity index (χ0n) is 20.3. The summed E-state index contributed by atoms with van der Waals surface area (Å²) < 4.78 is 35.2. The first kappa shape index (κ1) is 26.2. The molecular formula is C26H30ClN2O3S3+. The monoisotopic (exact) mass is 549 g/mol. The van der Waals surface area contributed by atoms with Crippen LogP contribution < -0.4 is 9.47 Å². The molecule has 0 atom stereocenters. The molecule has 0 amide bonds. The van der Waals surface area contributed by atoms with Gasteiger partial charge in [0.05, 0.1) is 16.5 Å². The van der Waals surface area contributed by atoms with Crippen molar-refractivity contribution >= 4 is 66.8 Å². The van der Waals surface area contributed by atoms with Gasteiger partial charge in [-0.2, -0.15) is 13.0 Å². The fraction of sp³-hybridized carbons (Fsp3) is 0.346. The highest BCUT2D eigenvalue weighted by atomic mass is 35.5. The summed E-state index contributed by atoms with van der Waals surface area (Å²) in [6.45, 7) is 9.84.